The highest BCUT2D eigenvalue weighted by atomic mass is 35.5. The summed E-state index contributed by atoms with van der Waals surface area (Å²) >= 11 is 5.86. The molecule has 0 unspecified atom stereocenters. The molecule has 0 aliphatic heterocycles. The number of benzene rings is 1. The van der Waals surface area contributed by atoms with Gasteiger partial charge in [0, 0.05) is 5.56 Å². The van der Waals surface area contributed by atoms with Crippen LogP contribution in [0.3, 0.4) is 0 Å². The monoisotopic (exact) mass is 317 g/mol. The van der Waals surface area contributed by atoms with E-state index in [2.05, 4.69) is 20.5 Å². The molecule has 8 heteroatoms. The molecule has 2 aromatic heterocycles. The Balaban J connectivity index is 1.66. The molecule has 0 spiro atoms. The lowest BCUT2D eigenvalue weighted by Gasteiger charge is -2.00. The van der Waals surface area contributed by atoms with Crippen molar-refractivity contribution in [2.75, 3.05) is 5.73 Å². The molecule has 7 nitrogen and oxygen atoms in total. The van der Waals surface area contributed by atoms with E-state index in [1.807, 2.05) is 30.3 Å². The normalized spacial score (nSPS) is 10.6. The minimum absolute atomic E-state index is 0.0830. The molecule has 0 fully saturated rings. The molecule has 4 N–H and O–H groups in total. The lowest BCUT2D eigenvalue weighted by molar-refractivity contribution is 0.0945. The zero-order chi connectivity index (χ0) is 15.5. The summed E-state index contributed by atoms with van der Waals surface area (Å²) in [6.07, 6.45) is 1.49. The smallest absolute Gasteiger partial charge is 0.271 e. The molecular weight excluding hydrogens is 306 g/mol. The van der Waals surface area contributed by atoms with Crippen LogP contribution in [0.4, 0.5) is 5.82 Å². The predicted molar refractivity (Wildman–Crippen MR) is 81.1 cm³/mol. The lowest BCUT2D eigenvalue weighted by atomic mass is 10.2. The number of amides is 1. The van der Waals surface area contributed by atoms with Gasteiger partial charge in [-0.1, -0.05) is 29.8 Å². The van der Waals surface area contributed by atoms with Crippen molar-refractivity contribution in [1.29, 1.82) is 0 Å². The van der Waals surface area contributed by atoms with Gasteiger partial charge in [-0.3, -0.25) is 9.89 Å². The number of nitrogens with two attached hydrogens (primary N) is 1. The van der Waals surface area contributed by atoms with Crippen molar-refractivity contribution >= 4 is 23.3 Å². The number of carbonyl (C=O) groups is 1. The molecular formula is C14H12ClN5O2. The van der Waals surface area contributed by atoms with E-state index in [0.717, 1.165) is 5.56 Å². The fraction of sp³-hybridized carbons (Fsp3) is 0.0714. The van der Waals surface area contributed by atoms with Crippen LogP contribution < -0.4 is 11.1 Å². The number of anilines is 1. The number of oxazole rings is 1. The minimum atomic E-state index is -0.418. The fourth-order valence-corrected chi connectivity index (χ4v) is 2.02. The van der Waals surface area contributed by atoms with E-state index in [0.29, 0.717) is 11.6 Å². The first-order valence-electron chi connectivity index (χ1n) is 6.42. The average molecular weight is 318 g/mol. The van der Waals surface area contributed by atoms with Gasteiger partial charge in [-0.2, -0.15) is 5.10 Å². The molecule has 2 heterocycles. The third kappa shape index (κ3) is 2.79. The molecule has 0 radical (unpaired) electrons. The summed E-state index contributed by atoms with van der Waals surface area (Å²) in [6.45, 7) is 0.199. The van der Waals surface area contributed by atoms with Crippen molar-refractivity contribution in [3.63, 3.8) is 0 Å². The molecule has 1 amide bonds. The van der Waals surface area contributed by atoms with E-state index in [9.17, 15) is 4.79 Å². The first-order valence-corrected chi connectivity index (χ1v) is 6.80. The van der Waals surface area contributed by atoms with Crippen LogP contribution in [0.1, 0.15) is 16.2 Å². The van der Waals surface area contributed by atoms with Crippen molar-refractivity contribution in [3.05, 3.63) is 53.0 Å². The molecule has 3 aromatic rings. The molecule has 0 aliphatic carbocycles. The van der Waals surface area contributed by atoms with Gasteiger partial charge >= 0.3 is 0 Å². The number of aromatic nitrogens is 3. The van der Waals surface area contributed by atoms with E-state index in [-0.39, 0.29) is 23.1 Å². The number of nitrogen functional groups attached to an aromatic ring is 1. The molecule has 3 rings (SSSR count). The largest absolute Gasteiger partial charge is 0.444 e. The van der Waals surface area contributed by atoms with E-state index < -0.39 is 5.91 Å². The van der Waals surface area contributed by atoms with Crippen LogP contribution in [0.25, 0.3) is 11.5 Å². The summed E-state index contributed by atoms with van der Waals surface area (Å²) in [5.41, 5.74) is 7.05. The van der Waals surface area contributed by atoms with Crippen LogP contribution in [0, 0.1) is 0 Å². The van der Waals surface area contributed by atoms with Crippen LogP contribution in [0.2, 0.25) is 5.02 Å². The number of rotatable bonds is 4. The summed E-state index contributed by atoms with van der Waals surface area (Å²) < 4.78 is 5.39. The van der Waals surface area contributed by atoms with E-state index >= 15 is 0 Å². The number of hydrogen-bond acceptors (Lipinski definition) is 5. The van der Waals surface area contributed by atoms with Crippen LogP contribution in [0.5, 0.6) is 0 Å². The molecule has 0 atom stereocenters. The number of aromatic amines is 1. The number of nitrogens with zero attached hydrogens (tertiary/aromatic N) is 2. The summed E-state index contributed by atoms with van der Waals surface area (Å²) in [4.78, 5) is 16.3. The number of carbonyl (C=O) groups excluding carboxylic acids is 1. The number of halogens is 1. The molecule has 0 saturated heterocycles. The first kappa shape index (κ1) is 14.2. The highest BCUT2D eigenvalue weighted by Crippen LogP contribution is 2.20. The van der Waals surface area contributed by atoms with Gasteiger partial charge in [0.1, 0.15) is 17.0 Å². The Morgan fingerprint density at radius 2 is 2.14 bits per heavy atom. The van der Waals surface area contributed by atoms with E-state index in [1.165, 1.54) is 6.26 Å². The van der Waals surface area contributed by atoms with E-state index in [1.54, 1.807) is 0 Å². The van der Waals surface area contributed by atoms with Crippen molar-refractivity contribution in [3.8, 4) is 11.5 Å². The summed E-state index contributed by atoms with van der Waals surface area (Å²) in [6, 6.07) is 9.48. The standard InChI is InChI=1S/C14H12ClN5O2/c15-10-11(19-20-12(10)16)13(21)17-6-9-7-22-14(18-9)8-4-2-1-3-5-8/h1-5,7H,6H2,(H,17,21)(H3,16,19,20). The van der Waals surface area contributed by atoms with Crippen molar-refractivity contribution in [1.82, 2.24) is 20.5 Å². The van der Waals surface area contributed by atoms with Gasteiger partial charge in [0.15, 0.2) is 5.82 Å². The molecule has 1 aromatic carbocycles. The lowest BCUT2D eigenvalue weighted by Crippen LogP contribution is -2.23. The maximum Gasteiger partial charge on any atom is 0.271 e. The second-order valence-electron chi connectivity index (χ2n) is 4.49. The average Bonchev–Trinajstić information content (AvgIpc) is 3.14. The Labute approximate surface area is 130 Å². The predicted octanol–water partition coefficient (Wildman–Crippen LogP) is 2.23. The zero-order valence-electron chi connectivity index (χ0n) is 11.3. The van der Waals surface area contributed by atoms with Crippen LogP contribution >= 0.6 is 11.6 Å². The minimum Gasteiger partial charge on any atom is -0.444 e. The van der Waals surface area contributed by atoms with Crippen LogP contribution in [-0.2, 0) is 6.54 Å². The fourth-order valence-electron chi connectivity index (χ4n) is 1.85. The Morgan fingerprint density at radius 1 is 1.36 bits per heavy atom. The second-order valence-corrected chi connectivity index (χ2v) is 4.87. The highest BCUT2D eigenvalue weighted by Gasteiger charge is 2.16. The molecule has 22 heavy (non-hydrogen) atoms. The molecule has 0 bridgehead atoms. The van der Waals surface area contributed by atoms with Gasteiger partial charge < -0.3 is 15.5 Å². The Bertz CT molecular complexity index is 797. The topological polar surface area (TPSA) is 110 Å². The van der Waals surface area contributed by atoms with Gasteiger partial charge in [-0.15, -0.1) is 0 Å². The molecule has 0 saturated carbocycles. The van der Waals surface area contributed by atoms with E-state index in [4.69, 9.17) is 21.8 Å². The quantitative estimate of drug-likeness (QED) is 0.683. The third-order valence-electron chi connectivity index (χ3n) is 2.96. The summed E-state index contributed by atoms with van der Waals surface area (Å²) in [5.74, 6) is 0.159. The van der Waals surface area contributed by atoms with Crippen molar-refractivity contribution in [2.24, 2.45) is 0 Å². The van der Waals surface area contributed by atoms with Gasteiger partial charge in [0.05, 0.1) is 12.2 Å². The summed E-state index contributed by atoms with van der Waals surface area (Å²) in [7, 11) is 0. The van der Waals surface area contributed by atoms with Gasteiger partial charge in [-0.05, 0) is 12.1 Å². The number of H-pyrrole nitrogens is 1. The van der Waals surface area contributed by atoms with Gasteiger partial charge in [0.2, 0.25) is 5.89 Å². The Kier molecular flexibility index (Phi) is 3.80. The van der Waals surface area contributed by atoms with Crippen molar-refractivity contribution < 1.29 is 9.21 Å². The SMILES string of the molecule is Nc1n[nH]c(C(=O)NCc2coc(-c3ccccc3)n2)c1Cl. The number of nitrogens with one attached hydrogen (secondary N) is 2. The molecule has 112 valence electrons. The van der Waals surface area contributed by atoms with Crippen molar-refractivity contribution in [2.45, 2.75) is 6.54 Å². The third-order valence-corrected chi connectivity index (χ3v) is 3.34. The maximum atomic E-state index is 11.9. The number of hydrogen-bond donors (Lipinski definition) is 3. The Hall–Kier alpha value is -2.80. The maximum absolute atomic E-state index is 11.9. The van der Waals surface area contributed by atoms with Crippen LogP contribution in [-0.4, -0.2) is 21.1 Å². The van der Waals surface area contributed by atoms with Gasteiger partial charge in [0.25, 0.3) is 5.91 Å². The van der Waals surface area contributed by atoms with Gasteiger partial charge in [-0.25, -0.2) is 4.98 Å². The summed E-state index contributed by atoms with van der Waals surface area (Å²) in [5, 5.41) is 8.90. The Morgan fingerprint density at radius 3 is 2.82 bits per heavy atom. The zero-order valence-corrected chi connectivity index (χ0v) is 12.1. The first-order chi connectivity index (χ1) is 10.6. The van der Waals surface area contributed by atoms with Crippen LogP contribution in [0.15, 0.2) is 41.0 Å². The molecule has 0 aliphatic rings. The second kappa shape index (κ2) is 5.90. The highest BCUT2D eigenvalue weighted by molar-refractivity contribution is 6.35.